The summed E-state index contributed by atoms with van der Waals surface area (Å²) < 4.78 is 31.7. The first-order valence-corrected chi connectivity index (χ1v) is 13.1. The van der Waals surface area contributed by atoms with Crippen LogP contribution in [-0.4, -0.2) is 61.3 Å². The highest BCUT2D eigenvalue weighted by Crippen LogP contribution is 2.27. The fourth-order valence-corrected chi connectivity index (χ4v) is 4.87. The lowest BCUT2D eigenvalue weighted by molar-refractivity contribution is -0.192. The molecule has 4 rings (SSSR count). The van der Waals surface area contributed by atoms with Gasteiger partial charge in [-0.25, -0.2) is 4.79 Å². The number of carbonyl (C=O) groups excluding carboxylic acids is 1. The zero-order valence-electron chi connectivity index (χ0n) is 21.6. The number of halogens is 3. The number of benzene rings is 2. The largest absolute Gasteiger partial charge is 0.490 e. The summed E-state index contributed by atoms with van der Waals surface area (Å²) in [5.74, 6) is -2.71. The lowest BCUT2D eigenvalue weighted by Crippen LogP contribution is -2.36. The second-order valence-corrected chi connectivity index (χ2v) is 10.2. The number of hydrogen-bond acceptors (Lipinski definition) is 5. The third-order valence-electron chi connectivity index (χ3n) is 6.23. The van der Waals surface area contributed by atoms with E-state index in [1.165, 1.54) is 28.2 Å². The van der Waals surface area contributed by atoms with Gasteiger partial charge in [-0.3, -0.25) is 9.69 Å². The smallest absolute Gasteiger partial charge is 0.475 e. The van der Waals surface area contributed by atoms with Crippen LogP contribution in [-0.2, 0) is 17.8 Å². The van der Waals surface area contributed by atoms with Crippen LogP contribution in [0, 0.1) is 0 Å². The number of carboxylic acids is 1. The van der Waals surface area contributed by atoms with E-state index in [1.54, 1.807) is 0 Å². The van der Waals surface area contributed by atoms with E-state index in [-0.39, 0.29) is 11.9 Å². The third-order valence-corrected chi connectivity index (χ3v) is 7.16. The van der Waals surface area contributed by atoms with Gasteiger partial charge in [-0.05, 0) is 58.7 Å². The van der Waals surface area contributed by atoms with Crippen molar-refractivity contribution in [2.24, 2.45) is 0 Å². The van der Waals surface area contributed by atoms with Crippen molar-refractivity contribution in [3.8, 4) is 11.1 Å². The molecule has 6 nitrogen and oxygen atoms in total. The summed E-state index contributed by atoms with van der Waals surface area (Å²) in [6.07, 6.45) is -3.01. The van der Waals surface area contributed by atoms with Crippen LogP contribution < -0.4 is 10.2 Å². The molecule has 38 heavy (non-hydrogen) atoms. The zero-order chi connectivity index (χ0) is 27.9. The van der Waals surface area contributed by atoms with Crippen molar-refractivity contribution >= 4 is 28.9 Å². The molecule has 0 radical (unpaired) electrons. The predicted molar refractivity (Wildman–Crippen MR) is 145 cm³/mol. The number of aliphatic carboxylic acids is 1. The molecule has 1 amide bonds. The number of likely N-dealkylation sites (tertiary alicyclic amines) is 1. The summed E-state index contributed by atoms with van der Waals surface area (Å²) in [6, 6.07) is 19.5. The molecule has 1 atom stereocenters. The minimum atomic E-state index is -5.08. The van der Waals surface area contributed by atoms with Crippen LogP contribution in [0.25, 0.3) is 11.1 Å². The average molecular weight is 548 g/mol. The number of alkyl halides is 3. The molecule has 0 saturated carbocycles. The highest BCUT2D eigenvalue weighted by atomic mass is 32.1. The van der Waals surface area contributed by atoms with Crippen LogP contribution in [0.2, 0.25) is 0 Å². The lowest BCUT2D eigenvalue weighted by Gasteiger charge is -2.17. The van der Waals surface area contributed by atoms with Gasteiger partial charge in [-0.2, -0.15) is 13.2 Å². The van der Waals surface area contributed by atoms with E-state index < -0.39 is 12.1 Å². The Labute approximate surface area is 224 Å². The van der Waals surface area contributed by atoms with Crippen LogP contribution in [0.5, 0.6) is 0 Å². The van der Waals surface area contributed by atoms with Gasteiger partial charge in [0.05, 0.1) is 4.88 Å². The van der Waals surface area contributed by atoms with Gasteiger partial charge in [-0.1, -0.05) is 43.3 Å². The van der Waals surface area contributed by atoms with Crippen molar-refractivity contribution in [2.45, 2.75) is 38.5 Å². The van der Waals surface area contributed by atoms with Crippen molar-refractivity contribution in [1.29, 1.82) is 0 Å². The Balaban J connectivity index is 0.000000505. The van der Waals surface area contributed by atoms with Crippen molar-refractivity contribution in [2.75, 3.05) is 32.1 Å². The van der Waals surface area contributed by atoms with Crippen LogP contribution in [0.15, 0.2) is 60.0 Å². The SMILES string of the molecule is CCc1ccc(CN2CCC(NC(=O)c3cc(-c4ccc(N(C)C)cc4)cs3)C2)cc1.O=C(O)C(F)(F)F. The first kappa shape index (κ1) is 29.2. The maximum absolute atomic E-state index is 12.8. The number of thiophene rings is 1. The number of carbonyl (C=O) groups is 2. The Hall–Kier alpha value is -3.37. The van der Waals surface area contributed by atoms with Crippen molar-refractivity contribution in [1.82, 2.24) is 10.2 Å². The number of nitrogens with zero attached hydrogens (tertiary/aromatic N) is 2. The normalized spacial score (nSPS) is 15.5. The molecular formula is C28H32F3N3O3S. The minimum absolute atomic E-state index is 0.0420. The number of rotatable bonds is 7. The van der Waals surface area contributed by atoms with Gasteiger partial charge in [0.15, 0.2) is 0 Å². The van der Waals surface area contributed by atoms with Gasteiger partial charge < -0.3 is 15.3 Å². The Bertz CT molecular complexity index is 1210. The van der Waals surface area contributed by atoms with Crippen LogP contribution in [0.3, 0.4) is 0 Å². The topological polar surface area (TPSA) is 72.9 Å². The fourth-order valence-electron chi connectivity index (χ4n) is 4.05. The molecule has 0 bridgehead atoms. The quantitative estimate of drug-likeness (QED) is 0.398. The summed E-state index contributed by atoms with van der Waals surface area (Å²) in [4.78, 5) is 27.0. The van der Waals surface area contributed by atoms with Gasteiger partial charge in [0.25, 0.3) is 5.91 Å². The summed E-state index contributed by atoms with van der Waals surface area (Å²) >= 11 is 1.52. The zero-order valence-corrected chi connectivity index (χ0v) is 22.4. The molecule has 0 aliphatic carbocycles. The van der Waals surface area contributed by atoms with Gasteiger partial charge >= 0.3 is 12.1 Å². The molecule has 1 aliphatic rings. The van der Waals surface area contributed by atoms with Crippen molar-refractivity contribution < 1.29 is 27.9 Å². The highest BCUT2D eigenvalue weighted by molar-refractivity contribution is 7.12. The molecule has 2 heterocycles. The number of aryl methyl sites for hydroxylation is 1. The van der Waals surface area contributed by atoms with E-state index in [2.05, 4.69) is 76.0 Å². The second kappa shape index (κ2) is 12.9. The summed E-state index contributed by atoms with van der Waals surface area (Å²) in [5, 5.41) is 12.4. The van der Waals surface area contributed by atoms with Crippen LogP contribution >= 0.6 is 11.3 Å². The van der Waals surface area contributed by atoms with E-state index in [4.69, 9.17) is 9.90 Å². The average Bonchev–Trinajstić information content (AvgIpc) is 3.54. The molecule has 1 fully saturated rings. The van der Waals surface area contributed by atoms with Crippen LogP contribution in [0.1, 0.15) is 34.1 Å². The highest BCUT2D eigenvalue weighted by Gasteiger charge is 2.38. The molecule has 0 spiro atoms. The Kier molecular flexibility index (Phi) is 9.93. The predicted octanol–water partition coefficient (Wildman–Crippen LogP) is 5.68. The van der Waals surface area contributed by atoms with E-state index >= 15 is 0 Å². The molecule has 3 aromatic rings. The number of anilines is 1. The fraction of sp³-hybridized carbons (Fsp3) is 0.357. The molecular weight excluding hydrogens is 515 g/mol. The Morgan fingerprint density at radius 2 is 1.66 bits per heavy atom. The van der Waals surface area contributed by atoms with E-state index in [0.29, 0.717) is 0 Å². The second-order valence-electron chi connectivity index (χ2n) is 9.31. The molecule has 1 saturated heterocycles. The third kappa shape index (κ3) is 8.32. The molecule has 10 heteroatoms. The van der Waals surface area contributed by atoms with Crippen molar-refractivity contribution in [3.05, 3.63) is 76.0 Å². The van der Waals surface area contributed by atoms with Crippen molar-refractivity contribution in [3.63, 3.8) is 0 Å². The summed E-state index contributed by atoms with van der Waals surface area (Å²) in [6.45, 7) is 5.06. The Morgan fingerprint density at radius 3 is 2.21 bits per heavy atom. The maximum atomic E-state index is 12.8. The maximum Gasteiger partial charge on any atom is 0.490 e. The molecule has 204 valence electrons. The van der Waals surface area contributed by atoms with Gasteiger partial charge in [0.2, 0.25) is 0 Å². The molecule has 1 unspecified atom stereocenters. The molecule has 1 aromatic heterocycles. The summed E-state index contributed by atoms with van der Waals surface area (Å²) in [7, 11) is 4.07. The van der Waals surface area contributed by atoms with E-state index in [0.717, 1.165) is 48.5 Å². The van der Waals surface area contributed by atoms with Gasteiger partial charge in [0.1, 0.15) is 0 Å². The van der Waals surface area contributed by atoms with Gasteiger partial charge in [-0.15, -0.1) is 11.3 Å². The number of amides is 1. The van der Waals surface area contributed by atoms with Gasteiger partial charge in [0, 0.05) is 45.5 Å². The lowest BCUT2D eigenvalue weighted by atomic mass is 10.1. The molecule has 2 aromatic carbocycles. The minimum Gasteiger partial charge on any atom is -0.475 e. The monoisotopic (exact) mass is 547 g/mol. The molecule has 1 aliphatic heterocycles. The van der Waals surface area contributed by atoms with Crippen LogP contribution in [0.4, 0.5) is 18.9 Å². The number of nitrogens with one attached hydrogen (secondary N) is 1. The first-order chi connectivity index (χ1) is 18.0. The van der Waals surface area contributed by atoms with E-state index in [1.807, 2.05) is 20.2 Å². The molecule has 2 N–H and O–H groups in total. The number of carboxylic acid groups (broad SMARTS) is 1. The standard InChI is InChI=1S/C26H31N3OS.C2HF3O2/c1-4-19-5-7-20(8-6-19)16-29-14-13-23(17-29)27-26(30)25-15-22(18-31-25)21-9-11-24(12-10-21)28(2)3;3-2(4,5)1(6)7/h5-12,15,18,23H,4,13-14,16-17H2,1-3H3,(H,27,30);(H,6,7). The Morgan fingerprint density at radius 1 is 1.05 bits per heavy atom. The first-order valence-electron chi connectivity index (χ1n) is 12.2. The van der Waals surface area contributed by atoms with E-state index in [9.17, 15) is 18.0 Å². The number of hydrogen-bond donors (Lipinski definition) is 2. The summed E-state index contributed by atoms with van der Waals surface area (Å²) in [5.41, 5.74) is 6.13.